The van der Waals surface area contributed by atoms with Crippen molar-refractivity contribution in [2.45, 2.75) is 4.90 Å². The molecule has 110 valence electrons. The summed E-state index contributed by atoms with van der Waals surface area (Å²) < 4.78 is 39.7. The van der Waals surface area contributed by atoms with Gasteiger partial charge >= 0.3 is 10.1 Å². The molecule has 0 saturated carbocycles. The topological polar surface area (TPSA) is 61.8 Å². The number of benzene rings is 2. The van der Waals surface area contributed by atoms with E-state index in [1.165, 1.54) is 30.3 Å². The van der Waals surface area contributed by atoms with Gasteiger partial charge in [-0.05, 0) is 30.3 Å². The Hall–Kier alpha value is -1.63. The summed E-state index contributed by atoms with van der Waals surface area (Å²) in [5.41, 5.74) is 0. The van der Waals surface area contributed by atoms with E-state index in [0.717, 1.165) is 0 Å². The van der Waals surface area contributed by atoms with Crippen LogP contribution in [0.25, 0.3) is 0 Å². The summed E-state index contributed by atoms with van der Waals surface area (Å²) in [6.45, 7) is 0.0927. The molecule has 0 atom stereocenters. The van der Waals surface area contributed by atoms with Crippen molar-refractivity contribution < 1.29 is 22.1 Å². The van der Waals surface area contributed by atoms with Crippen LogP contribution < -0.4 is 13.7 Å². The van der Waals surface area contributed by atoms with Crippen LogP contribution >= 0.6 is 23.2 Å². The molecule has 2 aromatic carbocycles. The third-order valence-electron chi connectivity index (χ3n) is 2.67. The largest absolute Gasteiger partial charge is 0.454 e. The van der Waals surface area contributed by atoms with Gasteiger partial charge in [0.1, 0.15) is 10.6 Å². The minimum Gasteiger partial charge on any atom is -0.454 e. The lowest BCUT2D eigenvalue weighted by Crippen LogP contribution is -2.09. The first-order valence-electron chi connectivity index (χ1n) is 5.74. The molecule has 0 fully saturated rings. The maximum atomic E-state index is 12.2. The van der Waals surface area contributed by atoms with Crippen LogP contribution in [-0.4, -0.2) is 15.2 Å². The summed E-state index contributed by atoms with van der Waals surface area (Å²) in [6, 6.07) is 8.43. The van der Waals surface area contributed by atoms with Crippen LogP contribution in [-0.2, 0) is 10.1 Å². The second-order valence-corrected chi connectivity index (χ2v) is 6.58. The molecule has 1 aliphatic rings. The molecule has 0 aromatic heterocycles. The molecule has 0 aliphatic carbocycles. The zero-order valence-electron chi connectivity index (χ0n) is 10.4. The average molecular weight is 347 g/mol. The smallest absolute Gasteiger partial charge is 0.339 e. The summed E-state index contributed by atoms with van der Waals surface area (Å²) in [4.78, 5) is -0.127. The zero-order valence-corrected chi connectivity index (χ0v) is 12.7. The number of halogens is 2. The van der Waals surface area contributed by atoms with Gasteiger partial charge in [0, 0.05) is 16.1 Å². The predicted molar refractivity (Wildman–Crippen MR) is 76.8 cm³/mol. The highest BCUT2D eigenvalue weighted by atomic mass is 35.5. The van der Waals surface area contributed by atoms with Crippen LogP contribution in [0.5, 0.6) is 17.2 Å². The third kappa shape index (κ3) is 3.02. The van der Waals surface area contributed by atoms with E-state index in [4.69, 9.17) is 36.9 Å². The van der Waals surface area contributed by atoms with E-state index in [1.807, 2.05) is 0 Å². The van der Waals surface area contributed by atoms with Gasteiger partial charge in [-0.25, -0.2) is 0 Å². The molecule has 2 aromatic rings. The van der Waals surface area contributed by atoms with Crippen LogP contribution in [0.15, 0.2) is 41.3 Å². The van der Waals surface area contributed by atoms with Crippen molar-refractivity contribution >= 4 is 33.3 Å². The van der Waals surface area contributed by atoms with Crippen molar-refractivity contribution in [2.24, 2.45) is 0 Å². The van der Waals surface area contributed by atoms with E-state index < -0.39 is 10.1 Å². The highest BCUT2D eigenvalue weighted by Crippen LogP contribution is 2.36. The molecular weight excluding hydrogens is 339 g/mol. The van der Waals surface area contributed by atoms with Gasteiger partial charge in [-0.1, -0.05) is 23.2 Å². The second-order valence-electron chi connectivity index (χ2n) is 4.16. The fourth-order valence-electron chi connectivity index (χ4n) is 1.78. The average Bonchev–Trinajstić information content (AvgIpc) is 2.84. The highest BCUT2D eigenvalue weighted by molar-refractivity contribution is 7.87. The number of rotatable bonds is 3. The first-order valence-corrected chi connectivity index (χ1v) is 7.91. The maximum absolute atomic E-state index is 12.2. The lowest BCUT2D eigenvalue weighted by atomic mass is 10.3. The molecule has 0 amide bonds. The van der Waals surface area contributed by atoms with Gasteiger partial charge in [-0.3, -0.25) is 0 Å². The normalized spacial score (nSPS) is 13.2. The van der Waals surface area contributed by atoms with E-state index in [1.54, 1.807) is 6.07 Å². The Kier molecular flexibility index (Phi) is 3.61. The molecule has 0 spiro atoms. The summed E-state index contributed by atoms with van der Waals surface area (Å²) in [7, 11) is -4.04. The van der Waals surface area contributed by atoms with Gasteiger partial charge in [0.2, 0.25) is 6.79 Å². The quantitative estimate of drug-likeness (QED) is 0.796. The van der Waals surface area contributed by atoms with Crippen LogP contribution in [0, 0.1) is 0 Å². The number of hydrogen-bond donors (Lipinski definition) is 0. The highest BCUT2D eigenvalue weighted by Gasteiger charge is 2.20. The fourth-order valence-corrected chi connectivity index (χ4v) is 3.43. The Morgan fingerprint density at radius 3 is 2.33 bits per heavy atom. The van der Waals surface area contributed by atoms with Gasteiger partial charge in [0.05, 0.1) is 0 Å². The molecule has 21 heavy (non-hydrogen) atoms. The van der Waals surface area contributed by atoms with E-state index in [9.17, 15) is 8.42 Å². The Bertz CT molecular complexity index is 784. The lowest BCUT2D eigenvalue weighted by molar-refractivity contribution is 0.174. The van der Waals surface area contributed by atoms with Gasteiger partial charge in [0.25, 0.3) is 0 Å². The van der Waals surface area contributed by atoms with Crippen molar-refractivity contribution in [1.82, 2.24) is 0 Å². The minimum absolute atomic E-state index is 0.0927. The Labute approximate surface area is 131 Å². The molecule has 0 N–H and O–H groups in total. The van der Waals surface area contributed by atoms with Gasteiger partial charge in [0.15, 0.2) is 11.5 Å². The molecule has 3 rings (SSSR count). The third-order valence-corrected chi connectivity index (χ3v) is 4.34. The molecular formula is C13H8Cl2O5S. The van der Waals surface area contributed by atoms with Crippen molar-refractivity contribution in [1.29, 1.82) is 0 Å². The van der Waals surface area contributed by atoms with E-state index in [0.29, 0.717) is 11.5 Å². The molecule has 8 heteroatoms. The Balaban J connectivity index is 1.92. The molecule has 0 bridgehead atoms. The number of ether oxygens (including phenoxy) is 2. The molecule has 5 nitrogen and oxygen atoms in total. The molecule has 1 aliphatic heterocycles. The van der Waals surface area contributed by atoms with Gasteiger partial charge in [-0.15, -0.1) is 0 Å². The van der Waals surface area contributed by atoms with Crippen molar-refractivity contribution in [3.05, 3.63) is 46.4 Å². The maximum Gasteiger partial charge on any atom is 0.339 e. The first-order chi connectivity index (χ1) is 9.94. The number of hydrogen-bond acceptors (Lipinski definition) is 5. The van der Waals surface area contributed by atoms with Crippen LogP contribution in [0.2, 0.25) is 10.0 Å². The summed E-state index contributed by atoms with van der Waals surface area (Å²) in [5, 5.41) is 0.408. The van der Waals surface area contributed by atoms with Crippen LogP contribution in [0.4, 0.5) is 0 Å². The Morgan fingerprint density at radius 1 is 0.952 bits per heavy atom. The van der Waals surface area contributed by atoms with Gasteiger partial charge in [-0.2, -0.15) is 8.42 Å². The molecule has 1 heterocycles. The van der Waals surface area contributed by atoms with E-state index in [-0.39, 0.29) is 27.5 Å². The molecule has 0 radical (unpaired) electrons. The summed E-state index contributed by atoms with van der Waals surface area (Å²) in [6.07, 6.45) is 0. The van der Waals surface area contributed by atoms with Crippen LogP contribution in [0.1, 0.15) is 0 Å². The van der Waals surface area contributed by atoms with Crippen LogP contribution in [0.3, 0.4) is 0 Å². The van der Waals surface area contributed by atoms with Crippen molar-refractivity contribution in [3.63, 3.8) is 0 Å². The van der Waals surface area contributed by atoms with Crippen molar-refractivity contribution in [3.8, 4) is 17.2 Å². The van der Waals surface area contributed by atoms with Crippen molar-refractivity contribution in [2.75, 3.05) is 6.79 Å². The predicted octanol–water partition coefficient (Wildman–Crippen LogP) is 3.49. The SMILES string of the molecule is O=S(=O)(Oc1ccc2c(c1)OCO2)c1cc(Cl)cc(Cl)c1. The lowest BCUT2D eigenvalue weighted by Gasteiger charge is -2.08. The molecule has 0 unspecified atom stereocenters. The second kappa shape index (κ2) is 5.29. The zero-order chi connectivity index (χ0) is 15.0. The summed E-state index contributed by atoms with van der Waals surface area (Å²) in [5.74, 6) is 1.06. The minimum atomic E-state index is -4.04. The van der Waals surface area contributed by atoms with E-state index in [2.05, 4.69) is 0 Å². The summed E-state index contributed by atoms with van der Waals surface area (Å²) >= 11 is 11.6. The standard InChI is InChI=1S/C13H8Cl2O5S/c14-8-3-9(15)5-11(4-8)21(16,17)20-10-1-2-12-13(6-10)19-7-18-12/h1-6H,7H2. The molecule has 0 saturated heterocycles. The van der Waals surface area contributed by atoms with E-state index >= 15 is 0 Å². The van der Waals surface area contributed by atoms with Gasteiger partial charge < -0.3 is 13.7 Å². The monoisotopic (exact) mass is 346 g/mol. The number of fused-ring (bicyclic) bond motifs is 1. The first kappa shape index (κ1) is 14.3. The fraction of sp³-hybridized carbons (Fsp3) is 0.0769. The Morgan fingerprint density at radius 2 is 1.62 bits per heavy atom.